The molecule has 0 aromatic heterocycles. The predicted octanol–water partition coefficient (Wildman–Crippen LogP) is 18.1. The molecule has 0 spiro atoms. The van der Waals surface area contributed by atoms with Crippen molar-refractivity contribution in [1.82, 2.24) is 0 Å². The van der Waals surface area contributed by atoms with Gasteiger partial charge < -0.3 is 4.90 Å². The lowest BCUT2D eigenvalue weighted by Crippen LogP contribution is -2.29. The van der Waals surface area contributed by atoms with Crippen molar-refractivity contribution in [2.75, 3.05) is 4.90 Å². The summed E-state index contributed by atoms with van der Waals surface area (Å²) in [6.45, 7) is 13.8. The maximum atomic E-state index is 2.50. The van der Waals surface area contributed by atoms with Gasteiger partial charge in [0.25, 0.3) is 0 Å². The van der Waals surface area contributed by atoms with Gasteiger partial charge in [0.05, 0.1) is 10.8 Å². The van der Waals surface area contributed by atoms with Crippen LogP contribution in [-0.4, -0.2) is 0 Å². The Morgan fingerprint density at radius 3 is 1.00 bits per heavy atom. The van der Waals surface area contributed by atoms with E-state index >= 15 is 0 Å². The van der Waals surface area contributed by atoms with Crippen molar-refractivity contribution >= 4 is 17.1 Å². The van der Waals surface area contributed by atoms with Gasteiger partial charge in [-0.25, -0.2) is 0 Å². The lowest BCUT2D eigenvalue weighted by atomic mass is 9.67. The minimum atomic E-state index is -0.566. The van der Waals surface area contributed by atoms with Crippen molar-refractivity contribution in [2.24, 2.45) is 0 Å². The Morgan fingerprint density at radius 2 is 0.592 bits per heavy atom. The van der Waals surface area contributed by atoms with Crippen LogP contribution < -0.4 is 4.90 Å². The Labute approximate surface area is 420 Å². The molecule has 1 heteroatoms. The summed E-state index contributed by atoms with van der Waals surface area (Å²) in [6, 6.07) is 93.8. The quantitative estimate of drug-likeness (QED) is 0.147. The molecular weight excluding hydrogens is 855 g/mol. The van der Waals surface area contributed by atoms with E-state index in [4.69, 9.17) is 0 Å². The topological polar surface area (TPSA) is 3.24 Å². The van der Waals surface area contributed by atoms with E-state index < -0.39 is 10.8 Å². The number of fused-ring (bicyclic) bond motifs is 6. The average Bonchev–Trinajstić information content (AvgIpc) is 3.87. The molecule has 71 heavy (non-hydrogen) atoms. The lowest BCUT2D eigenvalue weighted by Gasteiger charge is -2.36. The molecule has 2 aliphatic carbocycles. The molecule has 12 rings (SSSR count). The molecule has 2 aliphatic rings. The van der Waals surface area contributed by atoms with E-state index in [1.807, 2.05) is 0 Å². The predicted molar refractivity (Wildman–Crippen MR) is 299 cm³/mol. The van der Waals surface area contributed by atoms with Gasteiger partial charge in [-0.05, 0) is 136 Å². The van der Waals surface area contributed by atoms with E-state index in [9.17, 15) is 0 Å². The fourth-order valence-corrected chi connectivity index (χ4v) is 12.1. The van der Waals surface area contributed by atoms with Gasteiger partial charge in [0.2, 0.25) is 0 Å². The summed E-state index contributed by atoms with van der Waals surface area (Å²) in [5.74, 6) is 0. The Hall–Kier alpha value is -8.00. The van der Waals surface area contributed by atoms with Crippen LogP contribution in [0.2, 0.25) is 0 Å². The smallest absolute Gasteiger partial charge is 0.0714 e. The van der Waals surface area contributed by atoms with E-state index in [2.05, 4.69) is 295 Å². The number of benzene rings is 10. The van der Waals surface area contributed by atoms with Crippen LogP contribution in [0.5, 0.6) is 0 Å². The van der Waals surface area contributed by atoms with Crippen molar-refractivity contribution in [3.8, 4) is 33.4 Å². The molecule has 0 saturated heterocycles. The number of nitrogens with zero attached hydrogens (tertiary/aromatic N) is 1. The molecule has 344 valence electrons. The first-order valence-corrected chi connectivity index (χ1v) is 25.2. The Morgan fingerprint density at radius 1 is 0.268 bits per heavy atom. The molecule has 0 N–H and O–H groups in total. The maximum absolute atomic E-state index is 2.50. The number of rotatable bonds is 8. The van der Waals surface area contributed by atoms with Gasteiger partial charge in [-0.3, -0.25) is 0 Å². The standard InChI is InChI=1S/C70H59N/c1-67(2,3)50-32-36-54(37-33-50)69(52-22-12-8-13-23-52)63-28-18-16-26-59(63)61-44-42-57(46-65(61)69)71(56-40-30-49(31-41-56)48-20-10-7-11-21-48)58-43-45-62-60-27-17-19-29-64(60)70(66(62)47-58,53-24-14-9-15-25-53)55-38-34-51(35-39-55)68(4,5)6/h7-47H,1-6H3. The summed E-state index contributed by atoms with van der Waals surface area (Å²) in [5, 5.41) is 0. The molecule has 10 aromatic carbocycles. The third-order valence-electron chi connectivity index (χ3n) is 15.6. The molecule has 0 heterocycles. The van der Waals surface area contributed by atoms with Crippen LogP contribution >= 0.6 is 0 Å². The highest BCUT2D eigenvalue weighted by Crippen LogP contribution is 2.60. The molecule has 2 unspecified atom stereocenters. The highest BCUT2D eigenvalue weighted by atomic mass is 15.1. The SMILES string of the molecule is CC(C)(C)c1ccc(C2(c3ccccc3)c3ccccc3-c3ccc(N(c4ccc(-c5ccccc5)cc4)c4ccc5c(c4)C(c4ccccc4)(c4ccc(C(C)(C)C)cc4)c4ccccc4-5)cc32)cc1. The molecule has 0 amide bonds. The van der Waals surface area contributed by atoms with Crippen molar-refractivity contribution in [1.29, 1.82) is 0 Å². The summed E-state index contributed by atoms with van der Waals surface area (Å²) in [6.07, 6.45) is 0. The average molecular weight is 914 g/mol. The van der Waals surface area contributed by atoms with Gasteiger partial charge in [0, 0.05) is 17.1 Å². The molecule has 10 aromatic rings. The lowest BCUT2D eigenvalue weighted by molar-refractivity contribution is 0.589. The van der Waals surface area contributed by atoms with Crippen LogP contribution in [0.3, 0.4) is 0 Å². The van der Waals surface area contributed by atoms with Gasteiger partial charge >= 0.3 is 0 Å². The maximum Gasteiger partial charge on any atom is 0.0714 e. The summed E-state index contributed by atoms with van der Waals surface area (Å²) in [4.78, 5) is 2.50. The highest BCUT2D eigenvalue weighted by Gasteiger charge is 2.48. The minimum Gasteiger partial charge on any atom is -0.310 e. The van der Waals surface area contributed by atoms with Crippen LogP contribution in [0, 0.1) is 0 Å². The zero-order valence-electron chi connectivity index (χ0n) is 41.6. The van der Waals surface area contributed by atoms with E-state index in [0.717, 1.165) is 17.1 Å². The summed E-state index contributed by atoms with van der Waals surface area (Å²) < 4.78 is 0. The molecule has 0 radical (unpaired) electrons. The first kappa shape index (κ1) is 44.2. The first-order valence-electron chi connectivity index (χ1n) is 25.2. The molecule has 1 nitrogen and oxygen atoms in total. The van der Waals surface area contributed by atoms with E-state index in [1.54, 1.807) is 0 Å². The highest BCUT2D eigenvalue weighted by molar-refractivity contribution is 5.92. The van der Waals surface area contributed by atoms with Crippen LogP contribution in [0.4, 0.5) is 17.1 Å². The van der Waals surface area contributed by atoms with Crippen molar-refractivity contribution in [2.45, 2.75) is 63.2 Å². The van der Waals surface area contributed by atoms with Crippen LogP contribution in [0.15, 0.2) is 249 Å². The Kier molecular flexibility index (Phi) is 10.5. The molecule has 0 bridgehead atoms. The fraction of sp³-hybridized carbons (Fsp3) is 0.143. The van der Waals surface area contributed by atoms with E-state index in [-0.39, 0.29) is 10.8 Å². The number of hydrogen-bond donors (Lipinski definition) is 0. The number of hydrogen-bond acceptors (Lipinski definition) is 1. The van der Waals surface area contributed by atoms with Gasteiger partial charge in [0.15, 0.2) is 0 Å². The van der Waals surface area contributed by atoms with Gasteiger partial charge in [0.1, 0.15) is 0 Å². The second-order valence-corrected chi connectivity index (χ2v) is 21.7. The monoisotopic (exact) mass is 913 g/mol. The first-order chi connectivity index (χ1) is 34.5. The molecule has 0 saturated carbocycles. The molecule has 0 fully saturated rings. The summed E-state index contributed by atoms with van der Waals surface area (Å²) in [5.41, 5.74) is 22.5. The van der Waals surface area contributed by atoms with E-state index in [0.29, 0.717) is 0 Å². The number of anilines is 3. The van der Waals surface area contributed by atoms with Gasteiger partial charge in [-0.1, -0.05) is 254 Å². The third kappa shape index (κ3) is 7.04. The summed E-state index contributed by atoms with van der Waals surface area (Å²) in [7, 11) is 0. The molecular formula is C70H59N. The van der Waals surface area contributed by atoms with Crippen molar-refractivity contribution < 1.29 is 0 Å². The second-order valence-electron chi connectivity index (χ2n) is 21.7. The zero-order valence-corrected chi connectivity index (χ0v) is 41.6. The summed E-state index contributed by atoms with van der Waals surface area (Å²) >= 11 is 0. The zero-order chi connectivity index (χ0) is 48.5. The fourth-order valence-electron chi connectivity index (χ4n) is 12.1. The second kappa shape index (κ2) is 16.9. The van der Waals surface area contributed by atoms with E-state index in [1.165, 1.54) is 89.0 Å². The Bertz CT molecular complexity index is 3360. The molecule has 0 aliphatic heterocycles. The van der Waals surface area contributed by atoms with Gasteiger partial charge in [-0.2, -0.15) is 0 Å². The van der Waals surface area contributed by atoms with Crippen molar-refractivity contribution in [3.05, 3.63) is 304 Å². The molecule has 2 atom stereocenters. The van der Waals surface area contributed by atoms with Crippen LogP contribution in [-0.2, 0) is 21.7 Å². The van der Waals surface area contributed by atoms with Gasteiger partial charge in [-0.15, -0.1) is 0 Å². The minimum absolute atomic E-state index is 0.0267. The normalized spacial score (nSPS) is 16.7. The van der Waals surface area contributed by atoms with Crippen molar-refractivity contribution in [3.63, 3.8) is 0 Å². The third-order valence-corrected chi connectivity index (χ3v) is 15.6. The van der Waals surface area contributed by atoms with Crippen LogP contribution in [0.25, 0.3) is 33.4 Å². The Balaban J connectivity index is 1.12. The van der Waals surface area contributed by atoms with Crippen LogP contribution in [0.1, 0.15) is 97.2 Å². The largest absolute Gasteiger partial charge is 0.310 e.